The van der Waals surface area contributed by atoms with E-state index in [1.807, 2.05) is 0 Å². The Labute approximate surface area is 131 Å². The molecule has 23 heavy (non-hydrogen) atoms. The number of hydrogen-bond donors (Lipinski definition) is 3. The summed E-state index contributed by atoms with van der Waals surface area (Å²) in [6.45, 7) is 0. The number of imide groups is 1. The fourth-order valence-electron chi connectivity index (χ4n) is 4.44. The van der Waals surface area contributed by atoms with Crippen molar-refractivity contribution < 1.29 is 29.7 Å². The molecule has 2 amide bonds. The summed E-state index contributed by atoms with van der Waals surface area (Å²) in [6, 6.07) is 5.53. The number of carboxylic acids is 1. The first kappa shape index (κ1) is 14.3. The quantitative estimate of drug-likeness (QED) is 0.654. The standard InChI is InChI=1S/C16H15NO6/c18-12-8-5-9(13(12)19)11-10(8)14(20)17(15(11)21)7-3-1-6(2-4-7)16(22)23/h1-4,8-13,18-19H,5H2,(H,22,23)/t8-,9-,10-,11-,12-,13+/m0/s1. The number of hydrogen-bond acceptors (Lipinski definition) is 5. The summed E-state index contributed by atoms with van der Waals surface area (Å²) >= 11 is 0. The molecule has 2 saturated carbocycles. The van der Waals surface area contributed by atoms with Gasteiger partial charge < -0.3 is 15.3 Å². The summed E-state index contributed by atoms with van der Waals surface area (Å²) in [5.74, 6) is -3.80. The molecular weight excluding hydrogens is 302 g/mol. The van der Waals surface area contributed by atoms with Crippen molar-refractivity contribution in [3.63, 3.8) is 0 Å². The highest BCUT2D eigenvalue weighted by Crippen LogP contribution is 2.56. The Balaban J connectivity index is 1.68. The molecule has 1 heterocycles. The fourth-order valence-corrected chi connectivity index (χ4v) is 4.44. The number of aromatic carboxylic acids is 1. The summed E-state index contributed by atoms with van der Waals surface area (Å²) in [5, 5.41) is 28.9. The highest BCUT2D eigenvalue weighted by Gasteiger charge is 2.67. The van der Waals surface area contributed by atoms with Gasteiger partial charge in [0, 0.05) is 11.8 Å². The topological polar surface area (TPSA) is 115 Å². The Morgan fingerprint density at radius 3 is 1.87 bits per heavy atom. The molecule has 3 N–H and O–H groups in total. The Morgan fingerprint density at radius 1 is 0.957 bits per heavy atom. The van der Waals surface area contributed by atoms with Gasteiger partial charge in [0.25, 0.3) is 0 Å². The average Bonchev–Trinajstić information content (AvgIpc) is 3.12. The highest BCUT2D eigenvalue weighted by atomic mass is 16.4. The number of aliphatic hydroxyl groups excluding tert-OH is 2. The minimum absolute atomic E-state index is 0.0685. The van der Waals surface area contributed by atoms with Crippen LogP contribution in [0.25, 0.3) is 0 Å². The van der Waals surface area contributed by atoms with Gasteiger partial charge in [0.15, 0.2) is 0 Å². The molecule has 6 atom stereocenters. The van der Waals surface area contributed by atoms with Crippen molar-refractivity contribution in [1.29, 1.82) is 0 Å². The van der Waals surface area contributed by atoms with Gasteiger partial charge in [-0.25, -0.2) is 4.79 Å². The molecule has 3 aliphatic rings. The van der Waals surface area contributed by atoms with E-state index >= 15 is 0 Å². The zero-order chi connectivity index (χ0) is 16.5. The van der Waals surface area contributed by atoms with Crippen molar-refractivity contribution in [2.45, 2.75) is 18.6 Å². The van der Waals surface area contributed by atoms with Crippen LogP contribution in [-0.4, -0.2) is 45.3 Å². The van der Waals surface area contributed by atoms with Crippen LogP contribution in [0.1, 0.15) is 16.8 Å². The molecule has 120 valence electrons. The van der Waals surface area contributed by atoms with Crippen LogP contribution in [0.4, 0.5) is 5.69 Å². The first-order chi connectivity index (χ1) is 10.9. The van der Waals surface area contributed by atoms with Crippen LogP contribution >= 0.6 is 0 Å². The van der Waals surface area contributed by atoms with Crippen LogP contribution in [-0.2, 0) is 9.59 Å². The van der Waals surface area contributed by atoms with Crippen molar-refractivity contribution in [3.05, 3.63) is 29.8 Å². The van der Waals surface area contributed by atoms with Gasteiger partial charge in [0.2, 0.25) is 11.8 Å². The Kier molecular flexibility index (Phi) is 2.88. The van der Waals surface area contributed by atoms with Crippen molar-refractivity contribution >= 4 is 23.5 Å². The number of rotatable bonds is 2. The monoisotopic (exact) mass is 317 g/mol. The number of carbonyl (C=O) groups is 3. The minimum atomic E-state index is -1.09. The smallest absolute Gasteiger partial charge is 0.335 e. The Morgan fingerprint density at radius 2 is 1.43 bits per heavy atom. The van der Waals surface area contributed by atoms with Gasteiger partial charge in [0.05, 0.1) is 35.3 Å². The van der Waals surface area contributed by atoms with Gasteiger partial charge in [-0.2, -0.15) is 0 Å². The molecule has 7 nitrogen and oxygen atoms in total. The average molecular weight is 317 g/mol. The summed E-state index contributed by atoms with van der Waals surface area (Å²) in [6.07, 6.45) is -1.44. The molecule has 2 bridgehead atoms. The predicted molar refractivity (Wildman–Crippen MR) is 76.5 cm³/mol. The lowest BCUT2D eigenvalue weighted by Crippen LogP contribution is -2.43. The third-order valence-corrected chi connectivity index (χ3v) is 5.46. The van der Waals surface area contributed by atoms with Gasteiger partial charge >= 0.3 is 5.97 Å². The summed E-state index contributed by atoms with van der Waals surface area (Å²) < 4.78 is 0. The lowest BCUT2D eigenvalue weighted by atomic mass is 9.78. The van der Waals surface area contributed by atoms with Crippen LogP contribution in [0.3, 0.4) is 0 Å². The van der Waals surface area contributed by atoms with E-state index in [9.17, 15) is 24.6 Å². The van der Waals surface area contributed by atoms with Gasteiger partial charge in [-0.05, 0) is 30.7 Å². The molecule has 1 saturated heterocycles. The van der Waals surface area contributed by atoms with E-state index in [0.717, 1.165) is 4.90 Å². The predicted octanol–water partition coefficient (Wildman–Crippen LogP) is -0.138. The Bertz CT molecular complexity index is 682. The van der Waals surface area contributed by atoms with Gasteiger partial charge in [-0.3, -0.25) is 14.5 Å². The van der Waals surface area contributed by atoms with Crippen molar-refractivity contribution in [3.8, 4) is 0 Å². The fraction of sp³-hybridized carbons (Fsp3) is 0.438. The molecule has 4 rings (SSSR count). The van der Waals surface area contributed by atoms with Crippen LogP contribution in [0, 0.1) is 23.7 Å². The maximum absolute atomic E-state index is 12.7. The van der Waals surface area contributed by atoms with Crippen LogP contribution < -0.4 is 4.90 Å². The first-order valence-electron chi connectivity index (χ1n) is 7.49. The van der Waals surface area contributed by atoms with E-state index < -0.39 is 30.0 Å². The second-order valence-corrected chi connectivity index (χ2v) is 6.46. The summed E-state index contributed by atoms with van der Waals surface area (Å²) in [5.41, 5.74) is 0.390. The molecule has 2 aliphatic carbocycles. The maximum Gasteiger partial charge on any atom is 0.335 e. The number of carbonyl (C=O) groups excluding carboxylic acids is 2. The molecule has 1 aromatic rings. The second kappa shape index (κ2) is 4.62. The number of anilines is 1. The minimum Gasteiger partial charge on any atom is -0.478 e. The molecule has 0 unspecified atom stereocenters. The van der Waals surface area contributed by atoms with Crippen LogP contribution in [0.2, 0.25) is 0 Å². The lowest BCUT2D eigenvalue weighted by Gasteiger charge is -2.29. The van der Waals surface area contributed by atoms with Crippen molar-refractivity contribution in [2.24, 2.45) is 23.7 Å². The maximum atomic E-state index is 12.7. The van der Waals surface area contributed by atoms with E-state index in [2.05, 4.69) is 0 Å². The number of aliphatic hydroxyl groups is 2. The number of carboxylic acid groups (broad SMARTS) is 1. The number of fused-ring (bicyclic) bond motifs is 5. The van der Waals surface area contributed by atoms with E-state index in [0.29, 0.717) is 12.1 Å². The molecule has 1 aromatic carbocycles. The van der Waals surface area contributed by atoms with Gasteiger partial charge in [-0.15, -0.1) is 0 Å². The molecule has 7 heteroatoms. The largest absolute Gasteiger partial charge is 0.478 e. The van der Waals surface area contributed by atoms with Gasteiger partial charge in [0.1, 0.15) is 0 Å². The summed E-state index contributed by atoms with van der Waals surface area (Å²) in [7, 11) is 0. The second-order valence-electron chi connectivity index (χ2n) is 6.46. The van der Waals surface area contributed by atoms with Crippen LogP contribution in [0.15, 0.2) is 24.3 Å². The van der Waals surface area contributed by atoms with E-state index in [-0.39, 0.29) is 29.2 Å². The van der Waals surface area contributed by atoms with Crippen molar-refractivity contribution in [2.75, 3.05) is 4.90 Å². The van der Waals surface area contributed by atoms with Gasteiger partial charge in [-0.1, -0.05) is 0 Å². The molecule has 3 fully saturated rings. The first-order valence-corrected chi connectivity index (χ1v) is 7.49. The molecule has 0 spiro atoms. The highest BCUT2D eigenvalue weighted by molar-refractivity contribution is 6.22. The SMILES string of the molecule is O=C(O)c1ccc(N2C(=O)[C@H]3[C@@H]4C[C@H]([C@@H](O)[C@H]4O)[C@@H]3C2=O)cc1. The zero-order valence-corrected chi connectivity index (χ0v) is 12.0. The normalized spacial score (nSPS) is 38.3. The third kappa shape index (κ3) is 1.74. The number of nitrogens with zero attached hydrogens (tertiary/aromatic N) is 1. The zero-order valence-electron chi connectivity index (χ0n) is 12.0. The van der Waals surface area contributed by atoms with Crippen molar-refractivity contribution in [1.82, 2.24) is 0 Å². The number of benzene rings is 1. The van der Waals surface area contributed by atoms with E-state index in [4.69, 9.17) is 5.11 Å². The number of amides is 2. The third-order valence-electron chi connectivity index (χ3n) is 5.46. The molecule has 0 aromatic heterocycles. The van der Waals surface area contributed by atoms with E-state index in [1.165, 1.54) is 24.3 Å². The lowest BCUT2D eigenvalue weighted by molar-refractivity contribution is -0.129. The molecule has 1 aliphatic heterocycles. The summed E-state index contributed by atoms with van der Waals surface area (Å²) in [4.78, 5) is 37.3. The molecule has 0 radical (unpaired) electrons. The van der Waals surface area contributed by atoms with E-state index in [1.54, 1.807) is 0 Å². The van der Waals surface area contributed by atoms with Crippen LogP contribution in [0.5, 0.6) is 0 Å². The Hall–Kier alpha value is -2.25. The molecular formula is C16H15NO6.